The molecule has 7 heteroatoms. The quantitative estimate of drug-likeness (QED) is 0.751. The molecule has 7 nitrogen and oxygen atoms in total. The van der Waals surface area contributed by atoms with Crippen LogP contribution in [0.15, 0.2) is 35.1 Å². The lowest BCUT2D eigenvalue weighted by Gasteiger charge is -2.09. The van der Waals surface area contributed by atoms with Gasteiger partial charge >= 0.3 is 0 Å². The molecule has 3 N–H and O–H groups in total. The Morgan fingerprint density at radius 3 is 2.67 bits per heavy atom. The van der Waals surface area contributed by atoms with Crippen LogP contribution >= 0.6 is 0 Å². The van der Waals surface area contributed by atoms with Crippen molar-refractivity contribution in [3.63, 3.8) is 0 Å². The molecule has 0 radical (unpaired) electrons. The highest BCUT2D eigenvalue weighted by molar-refractivity contribution is 5.76. The molecular formula is C14H13N5O2. The molecule has 0 unspecified atom stereocenters. The Morgan fingerprint density at radius 1 is 1.19 bits per heavy atom. The standard InChI is InChI=1S/C14H13N5O2/c1-2-21-13-9(8-6-4-3-5-7-8)16-10-11(17-13)18-14(15)19-12(10)20/h3-7H,2H2,1H3,(H3,15,17,18,19,20). The van der Waals surface area contributed by atoms with E-state index in [4.69, 9.17) is 10.5 Å². The number of anilines is 1. The van der Waals surface area contributed by atoms with Crippen molar-refractivity contribution in [1.82, 2.24) is 19.9 Å². The van der Waals surface area contributed by atoms with Crippen molar-refractivity contribution in [2.45, 2.75) is 6.92 Å². The van der Waals surface area contributed by atoms with Gasteiger partial charge in [0.2, 0.25) is 11.8 Å². The van der Waals surface area contributed by atoms with Crippen LogP contribution in [-0.4, -0.2) is 26.5 Å². The van der Waals surface area contributed by atoms with E-state index in [0.29, 0.717) is 18.2 Å². The highest BCUT2D eigenvalue weighted by atomic mass is 16.5. The summed E-state index contributed by atoms with van der Waals surface area (Å²) in [5.74, 6) is 0.324. The van der Waals surface area contributed by atoms with E-state index in [0.717, 1.165) is 5.56 Å². The SMILES string of the molecule is CCOc1nc2nc(N)[nH]c(=O)c2nc1-c1ccccc1. The van der Waals surface area contributed by atoms with Crippen molar-refractivity contribution in [3.05, 3.63) is 40.7 Å². The maximum atomic E-state index is 11.9. The van der Waals surface area contributed by atoms with Gasteiger partial charge in [-0.3, -0.25) is 9.78 Å². The molecule has 0 spiro atoms. The number of hydrogen-bond acceptors (Lipinski definition) is 6. The highest BCUT2D eigenvalue weighted by Crippen LogP contribution is 2.27. The molecule has 0 saturated heterocycles. The number of benzene rings is 1. The van der Waals surface area contributed by atoms with Crippen molar-refractivity contribution in [1.29, 1.82) is 0 Å². The summed E-state index contributed by atoms with van der Waals surface area (Å²) in [5, 5.41) is 0. The minimum atomic E-state index is -0.426. The molecule has 106 valence electrons. The van der Waals surface area contributed by atoms with Crippen molar-refractivity contribution >= 4 is 17.1 Å². The Labute approximate surface area is 119 Å². The second-order valence-corrected chi connectivity index (χ2v) is 4.30. The summed E-state index contributed by atoms with van der Waals surface area (Å²) in [4.78, 5) is 26.9. The summed E-state index contributed by atoms with van der Waals surface area (Å²) >= 11 is 0. The fraction of sp³-hybridized carbons (Fsp3) is 0.143. The number of nitrogens with two attached hydrogens (primary N) is 1. The molecule has 21 heavy (non-hydrogen) atoms. The zero-order valence-corrected chi connectivity index (χ0v) is 11.3. The van der Waals surface area contributed by atoms with Crippen molar-refractivity contribution < 1.29 is 4.74 Å². The van der Waals surface area contributed by atoms with Crippen LogP contribution < -0.4 is 16.0 Å². The zero-order valence-electron chi connectivity index (χ0n) is 11.3. The fourth-order valence-corrected chi connectivity index (χ4v) is 1.98. The Hall–Kier alpha value is -2.96. The first-order valence-corrected chi connectivity index (χ1v) is 6.45. The molecule has 3 aromatic rings. The van der Waals surface area contributed by atoms with Gasteiger partial charge in [-0.1, -0.05) is 30.3 Å². The summed E-state index contributed by atoms with van der Waals surface area (Å²) in [5.41, 5.74) is 6.71. The van der Waals surface area contributed by atoms with E-state index in [2.05, 4.69) is 19.9 Å². The molecule has 2 aromatic heterocycles. The third-order valence-electron chi connectivity index (χ3n) is 2.86. The first-order chi connectivity index (χ1) is 10.2. The minimum absolute atomic E-state index is 0.00305. The van der Waals surface area contributed by atoms with Gasteiger partial charge in [-0.25, -0.2) is 4.98 Å². The third-order valence-corrected chi connectivity index (χ3v) is 2.86. The monoisotopic (exact) mass is 283 g/mol. The predicted octanol–water partition coefficient (Wildman–Crippen LogP) is 1.36. The molecule has 2 heterocycles. The molecule has 0 aliphatic carbocycles. The Morgan fingerprint density at radius 2 is 1.95 bits per heavy atom. The number of nitrogens with one attached hydrogen (secondary N) is 1. The van der Waals surface area contributed by atoms with Crippen molar-refractivity contribution in [2.24, 2.45) is 0 Å². The highest BCUT2D eigenvalue weighted by Gasteiger charge is 2.15. The van der Waals surface area contributed by atoms with Gasteiger partial charge in [0.1, 0.15) is 5.69 Å². The average molecular weight is 283 g/mol. The van der Waals surface area contributed by atoms with Gasteiger partial charge in [0, 0.05) is 5.56 Å². The number of nitrogen functional groups attached to an aromatic ring is 1. The Kier molecular flexibility index (Phi) is 3.23. The number of ether oxygens (including phenoxy) is 1. The van der Waals surface area contributed by atoms with Crippen LogP contribution in [0.3, 0.4) is 0 Å². The first-order valence-electron chi connectivity index (χ1n) is 6.45. The number of H-pyrrole nitrogens is 1. The van der Waals surface area contributed by atoms with Gasteiger partial charge in [0.15, 0.2) is 11.2 Å². The number of aromatic nitrogens is 4. The molecule has 1 aromatic carbocycles. The van der Waals surface area contributed by atoms with E-state index < -0.39 is 5.56 Å². The van der Waals surface area contributed by atoms with Crippen LogP contribution in [-0.2, 0) is 0 Å². The number of nitrogens with zero attached hydrogens (tertiary/aromatic N) is 3. The Bertz CT molecular complexity index is 845. The van der Waals surface area contributed by atoms with Crippen LogP contribution in [0.1, 0.15) is 6.92 Å². The van der Waals surface area contributed by atoms with Crippen molar-refractivity contribution in [3.8, 4) is 17.1 Å². The van der Waals surface area contributed by atoms with Gasteiger partial charge in [0.25, 0.3) is 5.56 Å². The van der Waals surface area contributed by atoms with E-state index in [1.54, 1.807) is 0 Å². The van der Waals surface area contributed by atoms with Crippen molar-refractivity contribution in [2.75, 3.05) is 12.3 Å². The molecule has 0 aliphatic rings. The van der Waals surface area contributed by atoms with E-state index in [1.165, 1.54) is 0 Å². The van der Waals surface area contributed by atoms with Crippen LogP contribution in [0.5, 0.6) is 5.88 Å². The summed E-state index contributed by atoms with van der Waals surface area (Å²) in [7, 11) is 0. The maximum absolute atomic E-state index is 11.9. The maximum Gasteiger partial charge on any atom is 0.280 e. The van der Waals surface area contributed by atoms with E-state index >= 15 is 0 Å². The summed E-state index contributed by atoms with van der Waals surface area (Å²) in [6.07, 6.45) is 0. The molecule has 0 bridgehead atoms. The van der Waals surface area contributed by atoms with E-state index in [1.807, 2.05) is 37.3 Å². The van der Waals surface area contributed by atoms with Gasteiger partial charge in [0.05, 0.1) is 6.61 Å². The zero-order chi connectivity index (χ0) is 14.8. The van der Waals surface area contributed by atoms with Gasteiger partial charge in [-0.15, -0.1) is 0 Å². The van der Waals surface area contributed by atoms with Gasteiger partial charge < -0.3 is 10.5 Å². The molecule has 0 atom stereocenters. The van der Waals surface area contributed by atoms with Crippen LogP contribution in [0.4, 0.5) is 5.95 Å². The molecule has 0 amide bonds. The minimum Gasteiger partial charge on any atom is -0.476 e. The number of hydrogen-bond donors (Lipinski definition) is 2. The van der Waals surface area contributed by atoms with Crippen LogP contribution in [0.25, 0.3) is 22.4 Å². The lowest BCUT2D eigenvalue weighted by molar-refractivity contribution is 0.328. The lowest BCUT2D eigenvalue weighted by atomic mass is 10.1. The molecule has 0 aliphatic heterocycles. The largest absolute Gasteiger partial charge is 0.476 e. The van der Waals surface area contributed by atoms with E-state index in [9.17, 15) is 4.79 Å². The Balaban J connectivity index is 2.32. The van der Waals surface area contributed by atoms with E-state index in [-0.39, 0.29) is 17.1 Å². The predicted molar refractivity (Wildman–Crippen MR) is 79.0 cm³/mol. The topological polar surface area (TPSA) is 107 Å². The third kappa shape index (κ3) is 2.40. The molecular weight excluding hydrogens is 270 g/mol. The molecule has 0 saturated carbocycles. The normalized spacial score (nSPS) is 10.7. The smallest absolute Gasteiger partial charge is 0.280 e. The lowest BCUT2D eigenvalue weighted by Crippen LogP contribution is -2.14. The molecule has 0 fully saturated rings. The second-order valence-electron chi connectivity index (χ2n) is 4.30. The van der Waals surface area contributed by atoms with Crippen LogP contribution in [0.2, 0.25) is 0 Å². The number of aromatic amines is 1. The van der Waals surface area contributed by atoms with Gasteiger partial charge in [-0.2, -0.15) is 9.97 Å². The van der Waals surface area contributed by atoms with Gasteiger partial charge in [-0.05, 0) is 6.92 Å². The fourth-order valence-electron chi connectivity index (χ4n) is 1.98. The first kappa shape index (κ1) is 13.0. The second kappa shape index (κ2) is 5.20. The molecule has 3 rings (SSSR count). The summed E-state index contributed by atoms with van der Waals surface area (Å²) < 4.78 is 5.51. The van der Waals surface area contributed by atoms with Crippen LogP contribution in [0, 0.1) is 0 Å². The number of fused-ring (bicyclic) bond motifs is 1. The summed E-state index contributed by atoms with van der Waals surface area (Å²) in [6, 6.07) is 9.40. The average Bonchev–Trinajstić information content (AvgIpc) is 2.48. The number of rotatable bonds is 3. The summed E-state index contributed by atoms with van der Waals surface area (Å²) in [6.45, 7) is 2.28.